The average Bonchev–Trinajstić information content (AvgIpc) is 2.89. The van der Waals surface area contributed by atoms with Crippen molar-refractivity contribution in [3.05, 3.63) is 52.8 Å². The maximum atomic E-state index is 5.92. The summed E-state index contributed by atoms with van der Waals surface area (Å²) < 4.78 is 7.73. The van der Waals surface area contributed by atoms with Crippen LogP contribution in [0.25, 0.3) is 0 Å². The Balaban J connectivity index is 1.54. The molecule has 1 fully saturated rings. The van der Waals surface area contributed by atoms with Crippen LogP contribution in [0.1, 0.15) is 17.4 Å². The van der Waals surface area contributed by atoms with Crippen LogP contribution in [0.4, 0.5) is 0 Å². The number of rotatable bonds is 3. The van der Waals surface area contributed by atoms with E-state index in [1.165, 1.54) is 5.56 Å². The number of hydrogen-bond acceptors (Lipinski definition) is 3. The van der Waals surface area contributed by atoms with E-state index in [9.17, 15) is 0 Å². The Morgan fingerprint density at radius 2 is 2.15 bits per heavy atom. The number of hydrogen-bond donors (Lipinski definition) is 1. The summed E-state index contributed by atoms with van der Waals surface area (Å²) in [6, 6.07) is 10.3. The third kappa shape index (κ3) is 3.20. The molecule has 106 valence electrons. The van der Waals surface area contributed by atoms with Gasteiger partial charge in [-0.05, 0) is 30.2 Å². The second-order valence-corrected chi connectivity index (χ2v) is 5.61. The molecule has 4 nitrogen and oxygen atoms in total. The highest BCUT2D eigenvalue weighted by molar-refractivity contribution is 6.30. The van der Waals surface area contributed by atoms with Crippen LogP contribution < -0.4 is 5.32 Å². The minimum absolute atomic E-state index is 0.0534. The Morgan fingerprint density at radius 3 is 2.75 bits per heavy atom. The largest absolute Gasteiger partial charge is 0.369 e. The van der Waals surface area contributed by atoms with E-state index in [1.807, 2.05) is 31.4 Å². The average molecular weight is 292 g/mol. The van der Waals surface area contributed by atoms with E-state index in [1.54, 1.807) is 4.68 Å². The summed E-state index contributed by atoms with van der Waals surface area (Å²) in [5, 5.41) is 8.70. The lowest BCUT2D eigenvalue weighted by Crippen LogP contribution is -2.44. The van der Waals surface area contributed by atoms with Crippen LogP contribution in [-0.4, -0.2) is 29.0 Å². The topological polar surface area (TPSA) is 39.1 Å². The minimum Gasteiger partial charge on any atom is -0.369 e. The number of aromatic nitrogens is 2. The second-order valence-electron chi connectivity index (χ2n) is 5.17. The first-order valence-electron chi connectivity index (χ1n) is 6.79. The molecular formula is C15H18ClN3O. The monoisotopic (exact) mass is 291 g/mol. The van der Waals surface area contributed by atoms with Gasteiger partial charge in [0.05, 0.1) is 12.3 Å². The zero-order chi connectivity index (χ0) is 13.9. The van der Waals surface area contributed by atoms with Crippen LogP contribution in [-0.2, 0) is 18.2 Å². The molecule has 1 N–H and O–H groups in total. The van der Waals surface area contributed by atoms with Crippen LogP contribution in [0.3, 0.4) is 0 Å². The van der Waals surface area contributed by atoms with Gasteiger partial charge in [0.25, 0.3) is 0 Å². The molecule has 0 radical (unpaired) electrons. The lowest BCUT2D eigenvalue weighted by atomic mass is 10.0. The van der Waals surface area contributed by atoms with Gasteiger partial charge in [-0.1, -0.05) is 23.7 Å². The van der Waals surface area contributed by atoms with E-state index in [0.717, 1.165) is 23.7 Å². The Bertz CT molecular complexity index is 559. The molecule has 1 aliphatic rings. The lowest BCUT2D eigenvalue weighted by Gasteiger charge is -2.29. The van der Waals surface area contributed by atoms with Gasteiger partial charge in [-0.15, -0.1) is 0 Å². The number of nitrogens with zero attached hydrogens (tertiary/aromatic N) is 2. The molecular weight excluding hydrogens is 274 g/mol. The predicted octanol–water partition coefficient (Wildman–Crippen LogP) is 2.35. The molecule has 5 heteroatoms. The number of ether oxygens (including phenoxy) is 1. The molecule has 20 heavy (non-hydrogen) atoms. The maximum absolute atomic E-state index is 5.92. The molecule has 1 aliphatic heterocycles. The fourth-order valence-corrected chi connectivity index (χ4v) is 2.58. The molecule has 1 aromatic carbocycles. The number of nitrogens with one attached hydrogen (secondary N) is 1. The highest BCUT2D eigenvalue weighted by Gasteiger charge is 2.23. The Hall–Kier alpha value is -1.36. The zero-order valence-electron chi connectivity index (χ0n) is 11.4. The van der Waals surface area contributed by atoms with Crippen molar-refractivity contribution in [3.8, 4) is 0 Å². The van der Waals surface area contributed by atoms with Gasteiger partial charge in [0.1, 0.15) is 6.10 Å². The Morgan fingerprint density at radius 1 is 1.35 bits per heavy atom. The second kappa shape index (κ2) is 5.95. The van der Waals surface area contributed by atoms with Gasteiger partial charge in [-0.2, -0.15) is 5.10 Å². The molecule has 0 amide bonds. The Labute approximate surface area is 123 Å². The summed E-state index contributed by atoms with van der Waals surface area (Å²) in [6.45, 7) is 1.50. The van der Waals surface area contributed by atoms with Crippen LogP contribution in [0.2, 0.25) is 5.02 Å². The molecule has 3 rings (SSSR count). The lowest BCUT2D eigenvalue weighted by molar-refractivity contribution is 0.000438. The van der Waals surface area contributed by atoms with Crippen molar-refractivity contribution in [1.29, 1.82) is 0 Å². The van der Waals surface area contributed by atoms with E-state index < -0.39 is 0 Å². The maximum Gasteiger partial charge on any atom is 0.114 e. The third-order valence-corrected chi connectivity index (χ3v) is 3.80. The highest BCUT2D eigenvalue weighted by atomic mass is 35.5. The standard InChI is InChI=1S/C15H18ClN3O/c1-19-7-6-14(18-19)15-9-17-13(10-20-15)8-11-2-4-12(16)5-3-11/h2-7,13,15,17H,8-10H2,1H3/t13-,15+/m0/s1. The Kier molecular flexibility index (Phi) is 4.05. The smallest absolute Gasteiger partial charge is 0.114 e. The first-order valence-corrected chi connectivity index (χ1v) is 7.17. The summed E-state index contributed by atoms with van der Waals surface area (Å²) in [6.07, 6.45) is 2.95. The van der Waals surface area contributed by atoms with Crippen LogP contribution >= 0.6 is 11.6 Å². The van der Waals surface area contributed by atoms with Crippen molar-refractivity contribution in [2.75, 3.05) is 13.2 Å². The summed E-state index contributed by atoms with van der Waals surface area (Å²) in [5.41, 5.74) is 2.26. The van der Waals surface area contributed by atoms with E-state index >= 15 is 0 Å². The molecule has 2 aromatic rings. The van der Waals surface area contributed by atoms with Crippen molar-refractivity contribution in [1.82, 2.24) is 15.1 Å². The van der Waals surface area contributed by atoms with E-state index in [4.69, 9.17) is 16.3 Å². The number of halogens is 1. The fraction of sp³-hybridized carbons (Fsp3) is 0.400. The molecule has 1 aromatic heterocycles. The van der Waals surface area contributed by atoms with Gasteiger partial charge in [-0.25, -0.2) is 0 Å². The highest BCUT2D eigenvalue weighted by Crippen LogP contribution is 2.19. The van der Waals surface area contributed by atoms with Gasteiger partial charge < -0.3 is 10.1 Å². The summed E-state index contributed by atoms with van der Waals surface area (Å²) in [7, 11) is 1.92. The first kappa shape index (κ1) is 13.6. The molecule has 0 spiro atoms. The fourth-order valence-electron chi connectivity index (χ4n) is 2.45. The molecule has 1 saturated heterocycles. The van der Waals surface area contributed by atoms with Gasteiger partial charge in [0.15, 0.2) is 0 Å². The number of aryl methyl sites for hydroxylation is 1. The molecule has 2 heterocycles. The van der Waals surface area contributed by atoms with Crippen molar-refractivity contribution < 1.29 is 4.74 Å². The minimum atomic E-state index is 0.0534. The summed E-state index contributed by atoms with van der Waals surface area (Å²) in [5.74, 6) is 0. The van der Waals surface area contributed by atoms with E-state index in [0.29, 0.717) is 12.6 Å². The summed E-state index contributed by atoms with van der Waals surface area (Å²) >= 11 is 5.89. The number of morpholine rings is 1. The van der Waals surface area contributed by atoms with Gasteiger partial charge in [-0.3, -0.25) is 4.68 Å². The first-order chi connectivity index (χ1) is 9.70. The molecule has 0 saturated carbocycles. The van der Waals surface area contributed by atoms with Gasteiger partial charge >= 0.3 is 0 Å². The van der Waals surface area contributed by atoms with Crippen molar-refractivity contribution in [2.45, 2.75) is 18.6 Å². The SMILES string of the molecule is Cn1ccc([C@H]2CN[C@@H](Cc3ccc(Cl)cc3)CO2)n1. The predicted molar refractivity (Wildman–Crippen MR) is 78.8 cm³/mol. The van der Waals surface area contributed by atoms with Crippen molar-refractivity contribution in [3.63, 3.8) is 0 Å². The third-order valence-electron chi connectivity index (χ3n) is 3.55. The van der Waals surface area contributed by atoms with E-state index in [2.05, 4.69) is 22.5 Å². The van der Waals surface area contributed by atoms with Crippen LogP contribution in [0.15, 0.2) is 36.5 Å². The molecule has 0 unspecified atom stereocenters. The van der Waals surface area contributed by atoms with Gasteiger partial charge in [0, 0.05) is 30.9 Å². The quantitative estimate of drug-likeness (QED) is 0.943. The normalized spacial score (nSPS) is 22.9. The summed E-state index contributed by atoms with van der Waals surface area (Å²) in [4.78, 5) is 0. The molecule has 2 atom stereocenters. The van der Waals surface area contributed by atoms with Crippen LogP contribution in [0, 0.1) is 0 Å². The zero-order valence-corrected chi connectivity index (χ0v) is 12.2. The van der Waals surface area contributed by atoms with Crippen LogP contribution in [0.5, 0.6) is 0 Å². The molecule has 0 bridgehead atoms. The number of benzene rings is 1. The van der Waals surface area contributed by atoms with Crippen molar-refractivity contribution in [2.24, 2.45) is 7.05 Å². The molecule has 0 aliphatic carbocycles. The van der Waals surface area contributed by atoms with Gasteiger partial charge in [0.2, 0.25) is 0 Å². The van der Waals surface area contributed by atoms with Crippen molar-refractivity contribution >= 4 is 11.6 Å². The van der Waals surface area contributed by atoms with E-state index in [-0.39, 0.29) is 6.10 Å².